The molecule has 0 saturated carbocycles. The Morgan fingerprint density at radius 2 is 2.26 bits per heavy atom. The molecular weight excluding hydrogens is 316 g/mol. The van der Waals surface area contributed by atoms with Gasteiger partial charge >= 0.3 is 6.03 Å². The van der Waals surface area contributed by atoms with Crippen LogP contribution in [0.4, 0.5) is 4.79 Å². The Balaban J connectivity index is 1.59. The second-order valence-corrected chi connectivity index (χ2v) is 6.92. The summed E-state index contributed by atoms with van der Waals surface area (Å²) in [5, 5.41) is 5.36. The van der Waals surface area contributed by atoms with Gasteiger partial charge in [0, 0.05) is 43.0 Å². The topological polar surface area (TPSA) is 82.6 Å². The number of rotatable bonds is 3. The fraction of sp³-hybridized carbons (Fsp3) is 0.600. The molecule has 2 saturated heterocycles. The molecule has 7 nitrogen and oxygen atoms in total. The van der Waals surface area contributed by atoms with Gasteiger partial charge in [-0.3, -0.25) is 14.9 Å². The molecule has 0 radical (unpaired) electrons. The van der Waals surface area contributed by atoms with Crippen LogP contribution in [0.3, 0.4) is 0 Å². The first-order chi connectivity index (χ1) is 11.0. The summed E-state index contributed by atoms with van der Waals surface area (Å²) in [5.41, 5.74) is 1.02. The Kier molecular flexibility index (Phi) is 4.61. The molecule has 2 aliphatic rings. The number of thiazole rings is 1. The van der Waals surface area contributed by atoms with Crippen LogP contribution >= 0.6 is 11.3 Å². The first-order valence-corrected chi connectivity index (χ1v) is 8.69. The highest BCUT2D eigenvalue weighted by Gasteiger charge is 2.30. The maximum absolute atomic E-state index is 12.5. The van der Waals surface area contributed by atoms with Crippen molar-refractivity contribution >= 4 is 29.2 Å². The maximum Gasteiger partial charge on any atom is 0.324 e. The Bertz CT molecular complexity index is 630. The standard InChI is InChI=1S/C15H20N4O3S/c1-10-9-23-14(16-10)11-3-2-5-18(7-11)13(21)8-19-6-4-12(20)17-15(19)22/h9,11H,2-8H2,1H3,(H,17,20,22)/t11-/m1/s1. The first kappa shape index (κ1) is 15.9. The summed E-state index contributed by atoms with van der Waals surface area (Å²) in [7, 11) is 0. The normalized spacial score (nSPS) is 22.2. The van der Waals surface area contributed by atoms with Crippen LogP contribution in [0.25, 0.3) is 0 Å². The molecule has 2 fully saturated rings. The van der Waals surface area contributed by atoms with Gasteiger partial charge < -0.3 is 9.80 Å². The van der Waals surface area contributed by atoms with Crippen molar-refractivity contribution in [2.75, 3.05) is 26.2 Å². The van der Waals surface area contributed by atoms with Crippen LogP contribution in [-0.4, -0.2) is 58.8 Å². The number of hydrogen-bond donors (Lipinski definition) is 1. The molecule has 1 aromatic rings. The molecule has 0 aliphatic carbocycles. The Morgan fingerprint density at radius 1 is 1.43 bits per heavy atom. The highest BCUT2D eigenvalue weighted by atomic mass is 32.1. The summed E-state index contributed by atoms with van der Waals surface area (Å²) >= 11 is 1.65. The average Bonchev–Trinajstić information content (AvgIpc) is 2.97. The molecule has 0 spiro atoms. The highest BCUT2D eigenvalue weighted by molar-refractivity contribution is 7.09. The van der Waals surface area contributed by atoms with E-state index in [9.17, 15) is 14.4 Å². The van der Waals surface area contributed by atoms with Crippen molar-refractivity contribution in [1.29, 1.82) is 0 Å². The minimum absolute atomic E-state index is 0.0305. The summed E-state index contributed by atoms with van der Waals surface area (Å²) in [5.74, 6) is -0.0634. The van der Waals surface area contributed by atoms with E-state index in [1.165, 1.54) is 4.90 Å². The van der Waals surface area contributed by atoms with Crippen molar-refractivity contribution in [2.24, 2.45) is 0 Å². The van der Waals surface area contributed by atoms with Crippen molar-refractivity contribution in [1.82, 2.24) is 20.1 Å². The molecule has 1 N–H and O–H groups in total. The zero-order valence-corrected chi connectivity index (χ0v) is 13.9. The lowest BCUT2D eigenvalue weighted by Gasteiger charge is -2.34. The van der Waals surface area contributed by atoms with Crippen LogP contribution in [-0.2, 0) is 9.59 Å². The van der Waals surface area contributed by atoms with E-state index in [0.29, 0.717) is 19.6 Å². The summed E-state index contributed by atoms with van der Waals surface area (Å²) in [6.07, 6.45) is 2.23. The predicted molar refractivity (Wildman–Crippen MR) is 85.1 cm³/mol. The van der Waals surface area contributed by atoms with Gasteiger partial charge in [-0.05, 0) is 19.8 Å². The van der Waals surface area contributed by atoms with Gasteiger partial charge in [0.15, 0.2) is 0 Å². The number of nitrogens with one attached hydrogen (secondary N) is 1. The molecule has 1 atom stereocenters. The number of nitrogens with zero attached hydrogens (tertiary/aromatic N) is 3. The molecule has 8 heteroatoms. The van der Waals surface area contributed by atoms with Gasteiger partial charge in [0.1, 0.15) is 6.54 Å². The molecular formula is C15H20N4O3S. The molecule has 23 heavy (non-hydrogen) atoms. The number of aryl methyl sites for hydroxylation is 1. The summed E-state index contributed by atoms with van der Waals surface area (Å²) < 4.78 is 0. The zero-order valence-electron chi connectivity index (χ0n) is 13.1. The van der Waals surface area contributed by atoms with E-state index in [-0.39, 0.29) is 30.7 Å². The van der Waals surface area contributed by atoms with Crippen molar-refractivity contribution in [3.63, 3.8) is 0 Å². The average molecular weight is 336 g/mol. The molecule has 1 aromatic heterocycles. The Labute approximate surface area is 138 Å². The van der Waals surface area contributed by atoms with Gasteiger partial charge in [0.2, 0.25) is 11.8 Å². The quantitative estimate of drug-likeness (QED) is 0.896. The van der Waals surface area contributed by atoms with Crippen LogP contribution in [0.5, 0.6) is 0 Å². The Morgan fingerprint density at radius 3 is 2.96 bits per heavy atom. The van der Waals surface area contributed by atoms with Crippen molar-refractivity contribution in [2.45, 2.75) is 32.1 Å². The number of carbonyl (C=O) groups is 3. The fourth-order valence-electron chi connectivity index (χ4n) is 2.98. The van der Waals surface area contributed by atoms with Crippen LogP contribution < -0.4 is 5.32 Å². The van der Waals surface area contributed by atoms with Crippen LogP contribution in [0.2, 0.25) is 0 Å². The smallest absolute Gasteiger partial charge is 0.324 e. The maximum atomic E-state index is 12.5. The van der Waals surface area contributed by atoms with Crippen molar-refractivity contribution in [3.8, 4) is 0 Å². The van der Waals surface area contributed by atoms with Crippen molar-refractivity contribution in [3.05, 3.63) is 16.1 Å². The number of imide groups is 1. The number of likely N-dealkylation sites (tertiary alicyclic amines) is 1. The lowest BCUT2D eigenvalue weighted by Crippen LogP contribution is -2.53. The number of piperidine rings is 1. The van der Waals surface area contributed by atoms with Crippen LogP contribution in [0, 0.1) is 6.92 Å². The van der Waals surface area contributed by atoms with E-state index in [1.54, 1.807) is 11.3 Å². The number of hydrogen-bond acceptors (Lipinski definition) is 5. The van der Waals surface area contributed by atoms with Gasteiger partial charge in [0.25, 0.3) is 0 Å². The van der Waals surface area contributed by atoms with E-state index >= 15 is 0 Å². The van der Waals surface area contributed by atoms with Gasteiger partial charge in [-0.2, -0.15) is 0 Å². The van der Waals surface area contributed by atoms with E-state index in [1.807, 2.05) is 17.2 Å². The van der Waals surface area contributed by atoms with E-state index in [0.717, 1.165) is 23.5 Å². The number of aromatic nitrogens is 1. The number of amides is 4. The molecule has 2 aliphatic heterocycles. The monoisotopic (exact) mass is 336 g/mol. The second kappa shape index (κ2) is 6.66. The molecule has 0 bridgehead atoms. The summed E-state index contributed by atoms with van der Waals surface area (Å²) in [6.45, 7) is 3.68. The summed E-state index contributed by atoms with van der Waals surface area (Å²) in [4.78, 5) is 43.1. The van der Waals surface area contributed by atoms with Gasteiger partial charge in [-0.15, -0.1) is 11.3 Å². The minimum atomic E-state index is -0.473. The van der Waals surface area contributed by atoms with E-state index in [4.69, 9.17) is 0 Å². The SMILES string of the molecule is Cc1csc([C@@H]2CCCN(C(=O)CN3CCC(=O)NC3=O)C2)n1. The van der Waals surface area contributed by atoms with Crippen LogP contribution in [0.1, 0.15) is 35.9 Å². The highest BCUT2D eigenvalue weighted by Crippen LogP contribution is 2.29. The molecule has 124 valence electrons. The third-order valence-electron chi connectivity index (χ3n) is 4.23. The molecule has 3 rings (SSSR count). The fourth-order valence-corrected chi connectivity index (χ4v) is 3.90. The van der Waals surface area contributed by atoms with E-state index < -0.39 is 6.03 Å². The van der Waals surface area contributed by atoms with Gasteiger partial charge in [-0.25, -0.2) is 9.78 Å². The third-order valence-corrected chi connectivity index (χ3v) is 5.35. The van der Waals surface area contributed by atoms with Gasteiger partial charge in [-0.1, -0.05) is 0 Å². The first-order valence-electron chi connectivity index (χ1n) is 7.81. The Hall–Kier alpha value is -1.96. The molecule has 3 heterocycles. The minimum Gasteiger partial charge on any atom is -0.340 e. The lowest BCUT2D eigenvalue weighted by molar-refractivity contribution is -0.134. The molecule has 0 aromatic carbocycles. The third kappa shape index (κ3) is 3.69. The zero-order chi connectivity index (χ0) is 16.4. The molecule has 0 unspecified atom stereocenters. The summed E-state index contributed by atoms with van der Waals surface area (Å²) in [6, 6.07) is -0.473. The van der Waals surface area contributed by atoms with Gasteiger partial charge in [0.05, 0.1) is 5.01 Å². The van der Waals surface area contributed by atoms with E-state index in [2.05, 4.69) is 10.3 Å². The predicted octanol–water partition coefficient (Wildman–Crippen LogP) is 1.10. The van der Waals surface area contributed by atoms with Crippen LogP contribution in [0.15, 0.2) is 5.38 Å². The largest absolute Gasteiger partial charge is 0.340 e. The van der Waals surface area contributed by atoms with Crippen molar-refractivity contribution < 1.29 is 14.4 Å². The number of urea groups is 1. The second-order valence-electron chi connectivity index (χ2n) is 6.03. The molecule has 4 amide bonds. The number of carbonyl (C=O) groups excluding carboxylic acids is 3. The lowest BCUT2D eigenvalue weighted by atomic mass is 9.98.